The van der Waals surface area contributed by atoms with Crippen molar-refractivity contribution in [2.24, 2.45) is 0 Å². The van der Waals surface area contributed by atoms with Crippen molar-refractivity contribution in [3.8, 4) is 0 Å². The number of amides is 1. The summed E-state index contributed by atoms with van der Waals surface area (Å²) in [5.74, 6) is -4.64. The normalized spacial score (nSPS) is 14.2. The molecular formula is C13H9F3N6OS2. The molecule has 1 amide bonds. The van der Waals surface area contributed by atoms with Crippen molar-refractivity contribution in [2.45, 2.75) is 24.0 Å². The standard InChI is InChI=1S/C13H9F3N6OS2/c14-6-3-7-11(10(16)9(6)15)18-12(25-7)17-8(23)4-24-13-19-20-21-22(13)5-1-2-5/h3,5H,1-2,4H2,(H,17,18,23). The lowest BCUT2D eigenvalue weighted by molar-refractivity contribution is -0.113. The number of anilines is 1. The molecule has 4 rings (SSSR count). The van der Waals surface area contributed by atoms with Gasteiger partial charge in [-0.3, -0.25) is 4.79 Å². The summed E-state index contributed by atoms with van der Waals surface area (Å²) < 4.78 is 41.9. The van der Waals surface area contributed by atoms with Gasteiger partial charge in [0.2, 0.25) is 11.1 Å². The van der Waals surface area contributed by atoms with Crippen LogP contribution < -0.4 is 5.32 Å². The van der Waals surface area contributed by atoms with Crippen LogP contribution in [0, 0.1) is 17.5 Å². The third kappa shape index (κ3) is 3.18. The number of nitrogens with one attached hydrogen (secondary N) is 1. The summed E-state index contributed by atoms with van der Waals surface area (Å²) in [4.78, 5) is 15.8. The molecule has 0 atom stereocenters. The van der Waals surface area contributed by atoms with E-state index in [2.05, 4.69) is 25.8 Å². The number of nitrogens with zero attached hydrogens (tertiary/aromatic N) is 5. The van der Waals surface area contributed by atoms with E-state index >= 15 is 0 Å². The van der Waals surface area contributed by atoms with Gasteiger partial charge in [0.05, 0.1) is 16.5 Å². The molecule has 1 aliphatic rings. The molecule has 0 bridgehead atoms. The summed E-state index contributed by atoms with van der Waals surface area (Å²) in [5.41, 5.74) is -0.315. The summed E-state index contributed by atoms with van der Waals surface area (Å²) in [6.45, 7) is 0. The molecule has 7 nitrogen and oxygen atoms in total. The van der Waals surface area contributed by atoms with Gasteiger partial charge in [-0.15, -0.1) is 5.10 Å². The number of tetrazole rings is 1. The van der Waals surface area contributed by atoms with Gasteiger partial charge in [-0.25, -0.2) is 22.8 Å². The molecule has 2 heterocycles. The predicted octanol–water partition coefficient (Wildman–Crippen LogP) is 2.77. The second kappa shape index (κ2) is 6.26. The molecule has 1 saturated carbocycles. The first-order valence-corrected chi connectivity index (χ1v) is 8.97. The van der Waals surface area contributed by atoms with Gasteiger partial charge in [-0.1, -0.05) is 23.1 Å². The number of halogens is 3. The second-order valence-electron chi connectivity index (χ2n) is 5.33. The maximum absolute atomic E-state index is 13.7. The Balaban J connectivity index is 1.44. The topological polar surface area (TPSA) is 85.6 Å². The Labute approximate surface area is 146 Å². The number of thioether (sulfide) groups is 1. The number of fused-ring (bicyclic) bond motifs is 1. The number of rotatable bonds is 5. The van der Waals surface area contributed by atoms with Crippen molar-refractivity contribution in [1.29, 1.82) is 0 Å². The van der Waals surface area contributed by atoms with Crippen molar-refractivity contribution in [3.63, 3.8) is 0 Å². The smallest absolute Gasteiger partial charge is 0.236 e. The first-order valence-electron chi connectivity index (χ1n) is 7.17. The summed E-state index contributed by atoms with van der Waals surface area (Å²) in [5, 5.41) is 14.4. The number of carbonyl (C=O) groups is 1. The van der Waals surface area contributed by atoms with Crippen LogP contribution in [0.5, 0.6) is 0 Å². The van der Waals surface area contributed by atoms with Gasteiger partial charge in [0.15, 0.2) is 22.6 Å². The molecule has 130 valence electrons. The van der Waals surface area contributed by atoms with Crippen LogP contribution in [-0.2, 0) is 4.79 Å². The van der Waals surface area contributed by atoms with Gasteiger partial charge >= 0.3 is 0 Å². The Kier molecular flexibility index (Phi) is 4.07. The monoisotopic (exact) mass is 386 g/mol. The van der Waals surface area contributed by atoms with Crippen LogP contribution in [0.15, 0.2) is 11.2 Å². The molecule has 3 aromatic rings. The first kappa shape index (κ1) is 16.3. The maximum Gasteiger partial charge on any atom is 0.236 e. The van der Waals surface area contributed by atoms with Gasteiger partial charge in [0, 0.05) is 0 Å². The van der Waals surface area contributed by atoms with Gasteiger partial charge in [-0.05, 0) is 29.3 Å². The largest absolute Gasteiger partial charge is 0.301 e. The number of hydrogen-bond donors (Lipinski definition) is 1. The lowest BCUT2D eigenvalue weighted by Gasteiger charge is -2.02. The Morgan fingerprint density at radius 1 is 1.36 bits per heavy atom. The van der Waals surface area contributed by atoms with E-state index in [-0.39, 0.29) is 27.1 Å². The molecule has 1 aliphatic carbocycles. The Morgan fingerprint density at radius 2 is 2.16 bits per heavy atom. The molecular weight excluding hydrogens is 377 g/mol. The zero-order valence-electron chi connectivity index (χ0n) is 12.4. The van der Waals surface area contributed by atoms with Crippen molar-refractivity contribution in [2.75, 3.05) is 11.1 Å². The summed E-state index contributed by atoms with van der Waals surface area (Å²) in [7, 11) is 0. The number of aromatic nitrogens is 5. The molecule has 12 heteroatoms. The summed E-state index contributed by atoms with van der Waals surface area (Å²) >= 11 is 2.02. The minimum Gasteiger partial charge on any atom is -0.301 e. The summed E-state index contributed by atoms with van der Waals surface area (Å²) in [6, 6.07) is 1.14. The Bertz CT molecular complexity index is 970. The molecule has 25 heavy (non-hydrogen) atoms. The highest BCUT2D eigenvalue weighted by Gasteiger charge is 2.28. The van der Waals surface area contributed by atoms with Crippen LogP contribution in [0.3, 0.4) is 0 Å². The zero-order chi connectivity index (χ0) is 17.6. The van der Waals surface area contributed by atoms with Gasteiger partial charge < -0.3 is 5.32 Å². The fourth-order valence-corrected chi connectivity index (χ4v) is 3.79. The molecule has 1 fully saturated rings. The quantitative estimate of drug-likeness (QED) is 0.536. The highest BCUT2D eigenvalue weighted by molar-refractivity contribution is 7.99. The minimum atomic E-state index is -1.59. The van der Waals surface area contributed by atoms with Crippen LogP contribution in [0.4, 0.5) is 18.3 Å². The molecule has 0 spiro atoms. The average Bonchev–Trinajstić information content (AvgIpc) is 3.18. The fourth-order valence-electron chi connectivity index (χ4n) is 2.14. The van der Waals surface area contributed by atoms with Crippen molar-refractivity contribution < 1.29 is 18.0 Å². The minimum absolute atomic E-state index is 0.0220. The van der Waals surface area contributed by atoms with Crippen molar-refractivity contribution in [3.05, 3.63) is 23.5 Å². The van der Waals surface area contributed by atoms with E-state index in [1.165, 1.54) is 0 Å². The van der Waals surface area contributed by atoms with Crippen LogP contribution in [0.25, 0.3) is 10.2 Å². The van der Waals surface area contributed by atoms with E-state index in [0.29, 0.717) is 5.16 Å². The van der Waals surface area contributed by atoms with Gasteiger partial charge in [-0.2, -0.15) is 0 Å². The molecule has 0 radical (unpaired) electrons. The fraction of sp³-hybridized carbons (Fsp3) is 0.308. The highest BCUT2D eigenvalue weighted by Crippen LogP contribution is 2.36. The predicted molar refractivity (Wildman–Crippen MR) is 84.9 cm³/mol. The average molecular weight is 386 g/mol. The zero-order valence-corrected chi connectivity index (χ0v) is 14.0. The highest BCUT2D eigenvalue weighted by atomic mass is 32.2. The second-order valence-corrected chi connectivity index (χ2v) is 7.30. The molecule has 2 aromatic heterocycles. The third-order valence-corrected chi connectivity index (χ3v) is 5.31. The molecule has 1 aromatic carbocycles. The Morgan fingerprint density at radius 3 is 2.92 bits per heavy atom. The number of carbonyl (C=O) groups excluding carboxylic acids is 1. The number of benzene rings is 1. The van der Waals surface area contributed by atoms with Crippen molar-refractivity contribution >= 4 is 44.4 Å². The van der Waals surface area contributed by atoms with Crippen molar-refractivity contribution in [1.82, 2.24) is 25.2 Å². The van der Waals surface area contributed by atoms with Crippen LogP contribution in [0.1, 0.15) is 18.9 Å². The molecule has 0 aliphatic heterocycles. The number of thiazole rings is 1. The van der Waals surface area contributed by atoms with Crippen LogP contribution in [-0.4, -0.2) is 36.9 Å². The van der Waals surface area contributed by atoms with E-state index in [1.54, 1.807) is 4.68 Å². The van der Waals surface area contributed by atoms with Crippen LogP contribution in [0.2, 0.25) is 0 Å². The van der Waals surface area contributed by atoms with E-state index in [1.807, 2.05) is 0 Å². The maximum atomic E-state index is 13.7. The first-order chi connectivity index (χ1) is 12.0. The van der Waals surface area contributed by atoms with E-state index in [0.717, 1.165) is 42.0 Å². The van der Waals surface area contributed by atoms with Crippen LogP contribution >= 0.6 is 23.1 Å². The SMILES string of the molecule is O=C(CSc1nnnn1C1CC1)Nc1nc2c(F)c(F)c(F)cc2s1. The van der Waals surface area contributed by atoms with E-state index < -0.39 is 23.4 Å². The molecule has 0 unspecified atom stereocenters. The van der Waals surface area contributed by atoms with Gasteiger partial charge in [0.1, 0.15) is 5.52 Å². The molecule has 1 N–H and O–H groups in total. The molecule has 0 saturated heterocycles. The lowest BCUT2D eigenvalue weighted by atomic mass is 10.3. The lowest BCUT2D eigenvalue weighted by Crippen LogP contribution is -2.14. The van der Waals surface area contributed by atoms with E-state index in [4.69, 9.17) is 0 Å². The number of hydrogen-bond acceptors (Lipinski definition) is 7. The van der Waals surface area contributed by atoms with Gasteiger partial charge in [0.25, 0.3) is 0 Å². The Hall–Kier alpha value is -2.21. The van der Waals surface area contributed by atoms with E-state index in [9.17, 15) is 18.0 Å². The third-order valence-electron chi connectivity index (χ3n) is 3.46. The summed E-state index contributed by atoms with van der Waals surface area (Å²) in [6.07, 6.45) is 2.02.